The quantitative estimate of drug-likeness (QED) is 0.251. The number of esters is 1. The van der Waals surface area contributed by atoms with Crippen molar-refractivity contribution in [3.63, 3.8) is 0 Å². The summed E-state index contributed by atoms with van der Waals surface area (Å²) in [6.45, 7) is 0.454. The maximum atomic E-state index is 13.7. The van der Waals surface area contributed by atoms with Crippen LogP contribution < -0.4 is 9.47 Å². The monoisotopic (exact) mass is 525 g/mol. The molecule has 3 heterocycles. The molecule has 1 aliphatic rings. The Morgan fingerprint density at radius 1 is 1.03 bits per heavy atom. The van der Waals surface area contributed by atoms with Crippen molar-refractivity contribution in [3.05, 3.63) is 83.6 Å². The topological polar surface area (TPSA) is 82.9 Å². The Balaban J connectivity index is 1.55. The number of amides is 1. The fourth-order valence-corrected chi connectivity index (χ4v) is 5.41. The highest BCUT2D eigenvalue weighted by Gasteiger charge is 2.33. The van der Waals surface area contributed by atoms with E-state index in [2.05, 4.69) is 4.98 Å². The van der Waals surface area contributed by atoms with Crippen LogP contribution in [0.3, 0.4) is 0 Å². The van der Waals surface area contributed by atoms with E-state index in [-0.39, 0.29) is 12.3 Å². The van der Waals surface area contributed by atoms with E-state index >= 15 is 0 Å². The molecule has 200 valence electrons. The van der Waals surface area contributed by atoms with Gasteiger partial charge in [-0.25, -0.2) is 4.98 Å². The minimum Gasteiger partial charge on any atom is -0.493 e. The van der Waals surface area contributed by atoms with Crippen molar-refractivity contribution in [2.24, 2.45) is 7.05 Å². The molecule has 5 rings (SSSR count). The molecule has 0 spiro atoms. The summed E-state index contributed by atoms with van der Waals surface area (Å²) in [4.78, 5) is 32.5. The van der Waals surface area contributed by atoms with Crippen LogP contribution in [0.5, 0.6) is 11.5 Å². The number of carbonyl (C=O) groups excluding carboxylic acids is 2. The first-order valence-electron chi connectivity index (χ1n) is 12.8. The molecule has 2 aromatic carbocycles. The number of hydrogen-bond donors (Lipinski definition) is 0. The standard InChI is InChI=1S/C31H31N3O5/c1-33-30(20-9-6-5-7-10-20)22(23-11-8-15-32-31(23)33)12-13-28(35)34-16-14-21-17-26(37-2)27(38-3)18-24(21)25(34)19-29(36)39-4/h5-13,15,17-18,25H,14,16,19H2,1-4H3/b13-12+. The van der Waals surface area contributed by atoms with Crippen LogP contribution in [-0.2, 0) is 27.8 Å². The van der Waals surface area contributed by atoms with Crippen LogP contribution in [0.1, 0.15) is 29.2 Å². The number of aromatic nitrogens is 2. The third kappa shape index (κ3) is 4.85. The summed E-state index contributed by atoms with van der Waals surface area (Å²) >= 11 is 0. The molecule has 1 aliphatic heterocycles. The summed E-state index contributed by atoms with van der Waals surface area (Å²) in [6.07, 6.45) is 5.87. The smallest absolute Gasteiger partial charge is 0.307 e. The Kier molecular flexibility index (Phi) is 7.36. The molecule has 0 aliphatic carbocycles. The Morgan fingerprint density at radius 2 is 1.77 bits per heavy atom. The second-order valence-corrected chi connectivity index (χ2v) is 9.38. The van der Waals surface area contributed by atoms with E-state index in [0.717, 1.165) is 39.0 Å². The first-order valence-corrected chi connectivity index (χ1v) is 12.8. The molecule has 1 unspecified atom stereocenters. The number of carbonyl (C=O) groups is 2. The third-order valence-corrected chi connectivity index (χ3v) is 7.30. The van der Waals surface area contributed by atoms with E-state index in [4.69, 9.17) is 14.2 Å². The normalized spacial score (nSPS) is 14.9. The van der Waals surface area contributed by atoms with Gasteiger partial charge in [0.1, 0.15) is 5.65 Å². The highest BCUT2D eigenvalue weighted by molar-refractivity contribution is 6.00. The molecule has 1 atom stereocenters. The summed E-state index contributed by atoms with van der Waals surface area (Å²) in [5.41, 5.74) is 5.61. The predicted molar refractivity (Wildman–Crippen MR) is 150 cm³/mol. The lowest BCUT2D eigenvalue weighted by Gasteiger charge is -2.36. The number of ether oxygens (including phenoxy) is 3. The molecule has 0 bridgehead atoms. The molecule has 2 aromatic heterocycles. The van der Waals surface area contributed by atoms with Gasteiger partial charge >= 0.3 is 5.97 Å². The molecule has 1 amide bonds. The number of aryl methyl sites for hydroxylation is 1. The summed E-state index contributed by atoms with van der Waals surface area (Å²) < 4.78 is 18.0. The summed E-state index contributed by atoms with van der Waals surface area (Å²) in [6, 6.07) is 17.2. The molecular weight excluding hydrogens is 494 g/mol. The van der Waals surface area contributed by atoms with Crippen LogP contribution in [0.4, 0.5) is 0 Å². The lowest BCUT2D eigenvalue weighted by molar-refractivity contribution is -0.143. The third-order valence-electron chi connectivity index (χ3n) is 7.30. The molecule has 0 N–H and O–H groups in total. The molecular formula is C31H31N3O5. The van der Waals surface area contributed by atoms with E-state index in [9.17, 15) is 9.59 Å². The summed E-state index contributed by atoms with van der Waals surface area (Å²) in [7, 11) is 6.49. The van der Waals surface area contributed by atoms with Crippen LogP contribution in [0.25, 0.3) is 28.4 Å². The van der Waals surface area contributed by atoms with Crippen LogP contribution in [0.2, 0.25) is 0 Å². The fraction of sp³-hybridized carbons (Fsp3) is 0.258. The number of hydrogen-bond acceptors (Lipinski definition) is 6. The van der Waals surface area contributed by atoms with Crippen LogP contribution >= 0.6 is 0 Å². The molecule has 0 saturated heterocycles. The summed E-state index contributed by atoms with van der Waals surface area (Å²) in [5, 5.41) is 0.954. The second-order valence-electron chi connectivity index (χ2n) is 9.38. The zero-order valence-electron chi connectivity index (χ0n) is 22.5. The van der Waals surface area contributed by atoms with Crippen molar-refractivity contribution < 1.29 is 23.8 Å². The number of fused-ring (bicyclic) bond motifs is 2. The lowest BCUT2D eigenvalue weighted by atomic mass is 9.89. The Morgan fingerprint density at radius 3 is 2.49 bits per heavy atom. The van der Waals surface area contributed by atoms with Gasteiger partial charge in [-0.1, -0.05) is 30.3 Å². The van der Waals surface area contributed by atoms with E-state index < -0.39 is 12.0 Å². The maximum absolute atomic E-state index is 13.7. The largest absolute Gasteiger partial charge is 0.493 e. The molecule has 0 fully saturated rings. The van der Waals surface area contributed by atoms with E-state index in [1.54, 1.807) is 31.4 Å². The number of pyridine rings is 1. The SMILES string of the molecule is COC(=O)CC1c2cc(OC)c(OC)cc2CCN1C(=O)/C=C/c1c(-c2ccccc2)n(C)c2ncccc12. The van der Waals surface area contributed by atoms with Gasteiger partial charge in [0.05, 0.1) is 39.5 Å². The number of nitrogens with zero attached hydrogens (tertiary/aromatic N) is 3. The first-order chi connectivity index (χ1) is 19.0. The van der Waals surface area contributed by atoms with Crippen molar-refractivity contribution in [2.45, 2.75) is 18.9 Å². The highest BCUT2D eigenvalue weighted by atomic mass is 16.5. The van der Waals surface area contributed by atoms with Gasteiger partial charge in [0.15, 0.2) is 11.5 Å². The molecule has 8 heteroatoms. The Hall–Kier alpha value is -4.59. The number of rotatable bonds is 7. The number of benzene rings is 2. The molecule has 4 aromatic rings. The van der Waals surface area contributed by atoms with Gasteiger partial charge in [0, 0.05) is 36.8 Å². The molecule has 0 saturated carbocycles. The molecule has 8 nitrogen and oxygen atoms in total. The van der Waals surface area contributed by atoms with Gasteiger partial charge in [0.2, 0.25) is 5.91 Å². The maximum Gasteiger partial charge on any atom is 0.307 e. The van der Waals surface area contributed by atoms with Crippen LogP contribution in [-0.4, -0.2) is 54.2 Å². The van der Waals surface area contributed by atoms with Gasteiger partial charge in [0.25, 0.3) is 0 Å². The van der Waals surface area contributed by atoms with Gasteiger partial charge in [-0.15, -0.1) is 0 Å². The van der Waals surface area contributed by atoms with Crippen molar-refractivity contribution in [2.75, 3.05) is 27.9 Å². The van der Waals surface area contributed by atoms with Gasteiger partial charge < -0.3 is 23.7 Å². The van der Waals surface area contributed by atoms with Gasteiger partial charge in [-0.05, 0) is 53.5 Å². The lowest BCUT2D eigenvalue weighted by Crippen LogP contribution is -2.40. The predicted octanol–water partition coefficient (Wildman–Crippen LogP) is 4.96. The Bertz CT molecular complexity index is 1560. The number of methoxy groups -OCH3 is 3. The average Bonchev–Trinajstić information content (AvgIpc) is 3.26. The van der Waals surface area contributed by atoms with Crippen molar-refractivity contribution in [3.8, 4) is 22.8 Å². The van der Waals surface area contributed by atoms with Gasteiger partial charge in [-0.2, -0.15) is 0 Å². The highest BCUT2D eigenvalue weighted by Crippen LogP contribution is 2.40. The minimum atomic E-state index is -0.499. The van der Waals surface area contributed by atoms with Crippen LogP contribution in [0.15, 0.2) is 66.9 Å². The van der Waals surface area contributed by atoms with Crippen molar-refractivity contribution in [1.82, 2.24) is 14.5 Å². The minimum absolute atomic E-state index is 0.0337. The first kappa shape index (κ1) is 26.0. The van der Waals surface area contributed by atoms with Gasteiger partial charge in [-0.3, -0.25) is 9.59 Å². The second kappa shape index (κ2) is 11.0. The Labute approximate surface area is 227 Å². The van der Waals surface area contributed by atoms with E-state index in [1.165, 1.54) is 7.11 Å². The fourth-order valence-electron chi connectivity index (χ4n) is 5.41. The van der Waals surface area contributed by atoms with E-state index in [0.29, 0.717) is 24.5 Å². The zero-order chi connectivity index (χ0) is 27.5. The van der Waals surface area contributed by atoms with E-state index in [1.807, 2.05) is 72.3 Å². The van der Waals surface area contributed by atoms with Crippen molar-refractivity contribution in [1.29, 1.82) is 0 Å². The molecule has 39 heavy (non-hydrogen) atoms. The average molecular weight is 526 g/mol. The summed E-state index contributed by atoms with van der Waals surface area (Å²) in [5.74, 6) is 0.581. The molecule has 0 radical (unpaired) electrons. The zero-order valence-corrected chi connectivity index (χ0v) is 22.5. The van der Waals surface area contributed by atoms with Crippen LogP contribution in [0, 0.1) is 0 Å². The van der Waals surface area contributed by atoms with Crippen molar-refractivity contribution >= 4 is 29.0 Å².